The Bertz CT molecular complexity index is 1180. The molecule has 2 aromatic heterocycles. The van der Waals surface area contributed by atoms with Crippen molar-refractivity contribution in [3.05, 3.63) is 54.3 Å². The number of nitrogens with one attached hydrogen (secondary N) is 2. The van der Waals surface area contributed by atoms with Crippen molar-refractivity contribution in [2.24, 2.45) is 5.92 Å². The number of para-hydroxylation sites is 1. The molecule has 0 spiro atoms. The SMILES string of the molecule is CC(C)(C)OC(=O)C1CCN(c2ccc(NC(=O)c3nnc(Nc4ccccc4F)o3)cn2)CC1. The third kappa shape index (κ3) is 6.31. The molecule has 184 valence electrons. The zero-order valence-electron chi connectivity index (χ0n) is 19.7. The predicted octanol–water partition coefficient (Wildman–Crippen LogP) is 4.16. The summed E-state index contributed by atoms with van der Waals surface area (Å²) in [6.45, 7) is 6.96. The molecule has 0 saturated carbocycles. The number of nitrogens with zero attached hydrogens (tertiary/aromatic N) is 4. The summed E-state index contributed by atoms with van der Waals surface area (Å²) < 4.78 is 24.5. The molecule has 11 heteroatoms. The van der Waals surface area contributed by atoms with E-state index in [4.69, 9.17) is 9.15 Å². The van der Waals surface area contributed by atoms with Crippen LogP contribution in [-0.2, 0) is 9.53 Å². The summed E-state index contributed by atoms with van der Waals surface area (Å²) in [6, 6.07) is 9.40. The molecule has 3 heterocycles. The van der Waals surface area contributed by atoms with Gasteiger partial charge in [-0.05, 0) is 57.9 Å². The lowest BCUT2D eigenvalue weighted by molar-refractivity contribution is -0.160. The van der Waals surface area contributed by atoms with Gasteiger partial charge in [-0.3, -0.25) is 9.59 Å². The Morgan fingerprint density at radius 2 is 1.86 bits per heavy atom. The smallest absolute Gasteiger partial charge is 0.320 e. The Morgan fingerprint density at radius 1 is 1.11 bits per heavy atom. The van der Waals surface area contributed by atoms with E-state index in [1.807, 2.05) is 20.8 Å². The third-order valence-corrected chi connectivity index (χ3v) is 5.30. The first-order valence-corrected chi connectivity index (χ1v) is 11.3. The van der Waals surface area contributed by atoms with Crippen LogP contribution in [0.3, 0.4) is 0 Å². The number of esters is 1. The normalized spacial score (nSPS) is 14.5. The molecule has 0 bridgehead atoms. The molecule has 0 atom stereocenters. The summed E-state index contributed by atoms with van der Waals surface area (Å²) in [4.78, 5) is 31.2. The van der Waals surface area contributed by atoms with Crippen molar-refractivity contribution in [3.8, 4) is 0 Å². The van der Waals surface area contributed by atoms with Crippen LogP contribution in [0.5, 0.6) is 0 Å². The maximum Gasteiger partial charge on any atom is 0.320 e. The molecule has 10 nitrogen and oxygen atoms in total. The summed E-state index contributed by atoms with van der Waals surface area (Å²) >= 11 is 0. The van der Waals surface area contributed by atoms with E-state index in [0.717, 1.165) is 5.82 Å². The number of aromatic nitrogens is 3. The largest absolute Gasteiger partial charge is 0.460 e. The monoisotopic (exact) mass is 482 g/mol. The summed E-state index contributed by atoms with van der Waals surface area (Å²) in [5.74, 6) is -0.909. The molecule has 1 fully saturated rings. The number of hydrogen-bond donors (Lipinski definition) is 2. The highest BCUT2D eigenvalue weighted by molar-refractivity contribution is 6.00. The number of hydrogen-bond acceptors (Lipinski definition) is 9. The Labute approximate surface area is 201 Å². The fourth-order valence-corrected chi connectivity index (χ4v) is 3.60. The zero-order chi connectivity index (χ0) is 25.0. The van der Waals surface area contributed by atoms with Gasteiger partial charge in [0.1, 0.15) is 17.2 Å². The van der Waals surface area contributed by atoms with Crippen molar-refractivity contribution in [3.63, 3.8) is 0 Å². The van der Waals surface area contributed by atoms with Gasteiger partial charge in [0, 0.05) is 13.1 Å². The molecule has 35 heavy (non-hydrogen) atoms. The summed E-state index contributed by atoms with van der Waals surface area (Å²) in [6.07, 6.45) is 2.91. The highest BCUT2D eigenvalue weighted by Crippen LogP contribution is 2.25. The van der Waals surface area contributed by atoms with E-state index in [1.54, 1.807) is 24.3 Å². The molecule has 0 aliphatic carbocycles. The van der Waals surface area contributed by atoms with Gasteiger partial charge < -0.3 is 24.7 Å². The summed E-state index contributed by atoms with van der Waals surface area (Å²) in [7, 11) is 0. The van der Waals surface area contributed by atoms with Gasteiger partial charge in [0.2, 0.25) is 0 Å². The molecule has 3 aromatic rings. The van der Waals surface area contributed by atoms with Gasteiger partial charge in [0.25, 0.3) is 0 Å². The minimum absolute atomic E-state index is 0.108. The van der Waals surface area contributed by atoms with Crippen LogP contribution in [0.25, 0.3) is 0 Å². The van der Waals surface area contributed by atoms with Crippen LogP contribution in [-0.4, -0.2) is 45.7 Å². The van der Waals surface area contributed by atoms with Crippen molar-refractivity contribution in [2.75, 3.05) is 28.6 Å². The highest BCUT2D eigenvalue weighted by Gasteiger charge is 2.29. The quantitative estimate of drug-likeness (QED) is 0.499. The number of pyridine rings is 1. The number of ether oxygens (including phenoxy) is 1. The van der Waals surface area contributed by atoms with E-state index in [2.05, 4.69) is 30.7 Å². The number of rotatable bonds is 6. The van der Waals surface area contributed by atoms with E-state index in [1.165, 1.54) is 18.3 Å². The number of piperidine rings is 1. The lowest BCUT2D eigenvalue weighted by atomic mass is 9.96. The maximum atomic E-state index is 13.7. The van der Waals surface area contributed by atoms with Gasteiger partial charge in [0.05, 0.1) is 23.5 Å². The number of carbonyl (C=O) groups is 2. The Kier molecular flexibility index (Phi) is 6.94. The molecular formula is C24H27FN6O4. The Hall–Kier alpha value is -4.02. The number of amides is 1. The van der Waals surface area contributed by atoms with Crippen molar-refractivity contribution in [2.45, 2.75) is 39.2 Å². The molecule has 1 amide bonds. The molecule has 0 radical (unpaired) electrons. The van der Waals surface area contributed by atoms with Crippen LogP contribution in [0, 0.1) is 11.7 Å². The summed E-state index contributed by atoms with van der Waals surface area (Å²) in [5, 5.41) is 12.7. The average molecular weight is 483 g/mol. The van der Waals surface area contributed by atoms with Gasteiger partial charge in [-0.2, -0.15) is 0 Å². The van der Waals surface area contributed by atoms with Gasteiger partial charge in [-0.25, -0.2) is 9.37 Å². The van der Waals surface area contributed by atoms with Crippen molar-refractivity contribution < 1.29 is 23.1 Å². The molecule has 0 unspecified atom stereocenters. The van der Waals surface area contributed by atoms with Crippen LogP contribution in [0.2, 0.25) is 0 Å². The van der Waals surface area contributed by atoms with Crippen LogP contribution >= 0.6 is 0 Å². The first kappa shape index (κ1) is 24.1. The fraction of sp³-hybridized carbons (Fsp3) is 0.375. The maximum absolute atomic E-state index is 13.7. The van der Waals surface area contributed by atoms with E-state index in [-0.39, 0.29) is 29.5 Å². The number of anilines is 4. The van der Waals surface area contributed by atoms with Crippen molar-refractivity contribution >= 4 is 35.1 Å². The molecule has 1 aliphatic heterocycles. The lowest BCUT2D eigenvalue weighted by Crippen LogP contribution is -2.39. The van der Waals surface area contributed by atoms with Gasteiger partial charge in [-0.15, -0.1) is 5.10 Å². The van der Waals surface area contributed by atoms with Crippen LogP contribution in [0.15, 0.2) is 47.0 Å². The standard InChI is InChI=1S/C24H27FN6O4/c1-24(2,3)35-22(33)15-10-12-31(13-11-15)19-9-8-16(14-26-19)27-20(32)21-29-30-23(34-21)28-18-7-5-4-6-17(18)25/h4-9,14-15H,10-13H2,1-3H3,(H,27,32)(H,28,30). The lowest BCUT2D eigenvalue weighted by Gasteiger charge is -2.33. The number of halogens is 1. The van der Waals surface area contributed by atoms with Crippen LogP contribution in [0.4, 0.5) is 27.6 Å². The van der Waals surface area contributed by atoms with Gasteiger partial charge >= 0.3 is 23.8 Å². The molecule has 1 saturated heterocycles. The van der Waals surface area contributed by atoms with E-state index in [0.29, 0.717) is 31.6 Å². The fourth-order valence-electron chi connectivity index (χ4n) is 3.60. The van der Waals surface area contributed by atoms with Gasteiger partial charge in [0.15, 0.2) is 0 Å². The van der Waals surface area contributed by atoms with Crippen molar-refractivity contribution in [1.29, 1.82) is 0 Å². The Balaban J connectivity index is 1.30. The second-order valence-electron chi connectivity index (χ2n) is 9.17. The zero-order valence-corrected chi connectivity index (χ0v) is 19.7. The first-order chi connectivity index (χ1) is 16.7. The second kappa shape index (κ2) is 10.1. The minimum atomic E-state index is -0.619. The van der Waals surface area contributed by atoms with Crippen molar-refractivity contribution in [1.82, 2.24) is 15.2 Å². The van der Waals surface area contributed by atoms with E-state index in [9.17, 15) is 14.0 Å². The second-order valence-corrected chi connectivity index (χ2v) is 9.17. The average Bonchev–Trinajstić information content (AvgIpc) is 3.29. The predicted molar refractivity (Wildman–Crippen MR) is 127 cm³/mol. The van der Waals surface area contributed by atoms with Gasteiger partial charge in [-0.1, -0.05) is 17.2 Å². The molecular weight excluding hydrogens is 455 g/mol. The van der Waals surface area contributed by atoms with E-state index >= 15 is 0 Å². The number of benzene rings is 1. The molecule has 4 rings (SSSR count). The molecule has 1 aromatic carbocycles. The number of carbonyl (C=O) groups excluding carboxylic acids is 2. The summed E-state index contributed by atoms with van der Waals surface area (Å²) in [5.41, 5.74) is 0.108. The van der Waals surface area contributed by atoms with E-state index < -0.39 is 17.3 Å². The first-order valence-electron chi connectivity index (χ1n) is 11.3. The topological polar surface area (TPSA) is 122 Å². The Morgan fingerprint density at radius 3 is 2.51 bits per heavy atom. The minimum Gasteiger partial charge on any atom is -0.460 e. The molecule has 2 N–H and O–H groups in total. The third-order valence-electron chi connectivity index (χ3n) is 5.30. The van der Waals surface area contributed by atoms with Crippen LogP contribution in [0.1, 0.15) is 44.3 Å². The highest BCUT2D eigenvalue weighted by atomic mass is 19.1. The van der Waals surface area contributed by atoms with Crippen LogP contribution < -0.4 is 15.5 Å². The molecule has 1 aliphatic rings.